The molecular weight excluding hydrogens is 723 g/mol. The zero-order chi connectivity index (χ0) is 38.9. The molecule has 0 aliphatic carbocycles. The van der Waals surface area contributed by atoms with Gasteiger partial charge in [-0.3, -0.25) is 0 Å². The average molecular weight is 768 g/mol. The summed E-state index contributed by atoms with van der Waals surface area (Å²) in [5, 5.41) is 8.19. The highest BCUT2D eigenvalue weighted by Crippen LogP contribution is 2.58. The third kappa shape index (κ3) is 4.09. The molecule has 13 rings (SSSR count). The lowest BCUT2D eigenvalue weighted by atomic mass is 9.53. The fourth-order valence-electron chi connectivity index (χ4n) is 12.1. The standard InChI is InChI=1S/C54H45N3S/c1-32-29-54-31-35-24-33(30-52(2,3)4)25-47(57(35)54)41-27-42-46(28-43(41)53(54,5)22-21-34-14-6-7-15-36(34)44-18-12-13-23-55(32)44)56-45-19-10-8-16-37(45)39-26-40-38-17-9-11-20-48(38)58-51(40)49(42)50(39)56/h6-20,23-28H,1,21-22,29-31H2,2-5H3/q+2. The monoisotopic (exact) mass is 767 g/mol. The summed E-state index contributed by atoms with van der Waals surface area (Å²) >= 11 is 1.96. The second-order valence-corrected chi connectivity index (χ2v) is 20.2. The molecule has 0 amide bonds. The van der Waals surface area contributed by atoms with E-state index in [1.54, 1.807) is 0 Å². The van der Waals surface area contributed by atoms with E-state index in [1.165, 1.54) is 103 Å². The molecule has 0 saturated heterocycles. The number of hydrogen-bond donors (Lipinski definition) is 0. The lowest BCUT2D eigenvalue weighted by Gasteiger charge is -2.53. The summed E-state index contributed by atoms with van der Waals surface area (Å²) in [5.74, 6) is 0. The Morgan fingerprint density at radius 1 is 0.724 bits per heavy atom. The first kappa shape index (κ1) is 33.2. The molecular formula is C54H45N3S+2. The fraction of sp³-hybridized carbons (Fsp3) is 0.222. The van der Waals surface area contributed by atoms with Crippen molar-refractivity contribution in [1.29, 1.82) is 0 Å². The number of rotatable bonds is 1. The zero-order valence-electron chi connectivity index (χ0n) is 33.6. The second-order valence-electron chi connectivity index (χ2n) is 19.1. The van der Waals surface area contributed by atoms with Gasteiger partial charge in [-0.15, -0.1) is 11.3 Å². The van der Waals surface area contributed by atoms with E-state index in [0.717, 1.165) is 37.8 Å². The molecule has 0 saturated carbocycles. The maximum Gasteiger partial charge on any atom is 0.218 e. The maximum atomic E-state index is 4.93. The van der Waals surface area contributed by atoms with E-state index in [0.29, 0.717) is 0 Å². The lowest BCUT2D eigenvalue weighted by molar-refractivity contribution is -0.815. The van der Waals surface area contributed by atoms with Crippen molar-refractivity contribution in [2.24, 2.45) is 5.41 Å². The van der Waals surface area contributed by atoms with Crippen LogP contribution in [0.5, 0.6) is 0 Å². The number of nitrogens with zero attached hydrogens (tertiary/aromatic N) is 3. The molecule has 0 radical (unpaired) electrons. The first-order valence-corrected chi connectivity index (χ1v) is 21.9. The van der Waals surface area contributed by atoms with Gasteiger partial charge < -0.3 is 4.40 Å². The number of hydrogen-bond acceptors (Lipinski definition) is 1. The van der Waals surface area contributed by atoms with Crippen molar-refractivity contribution in [2.45, 2.75) is 70.8 Å². The van der Waals surface area contributed by atoms with Crippen molar-refractivity contribution < 1.29 is 9.13 Å². The largest absolute Gasteiger partial charge is 0.308 e. The molecule has 3 nitrogen and oxygen atoms in total. The minimum absolute atomic E-state index is 0.166. The Morgan fingerprint density at radius 3 is 2.40 bits per heavy atom. The van der Waals surface area contributed by atoms with Gasteiger partial charge in [0.2, 0.25) is 11.4 Å². The first-order valence-electron chi connectivity index (χ1n) is 21.0. The Kier molecular flexibility index (Phi) is 6.29. The van der Waals surface area contributed by atoms with Gasteiger partial charge in [-0.25, -0.2) is 0 Å². The van der Waals surface area contributed by atoms with Gasteiger partial charge >= 0.3 is 0 Å². The summed E-state index contributed by atoms with van der Waals surface area (Å²) in [6.07, 6.45) is 7.24. The van der Waals surface area contributed by atoms with Crippen LogP contribution in [0.15, 0.2) is 134 Å². The molecule has 2 unspecified atom stereocenters. The summed E-state index contributed by atoms with van der Waals surface area (Å²) in [5.41, 5.74) is 16.1. The summed E-state index contributed by atoms with van der Waals surface area (Å²) in [7, 11) is 0. The van der Waals surface area contributed by atoms with Crippen molar-refractivity contribution in [3.63, 3.8) is 0 Å². The van der Waals surface area contributed by atoms with Gasteiger partial charge in [0.15, 0.2) is 23.1 Å². The van der Waals surface area contributed by atoms with Crippen LogP contribution in [-0.4, -0.2) is 4.40 Å². The van der Waals surface area contributed by atoms with Crippen LogP contribution in [0.3, 0.4) is 0 Å². The number of allylic oxidation sites excluding steroid dienone is 1. The average Bonchev–Trinajstić information content (AvgIpc) is 3.86. The molecule has 58 heavy (non-hydrogen) atoms. The van der Waals surface area contributed by atoms with E-state index < -0.39 is 0 Å². The summed E-state index contributed by atoms with van der Waals surface area (Å²) in [6, 6.07) is 46.7. The Labute approximate surface area is 342 Å². The number of benzene rings is 5. The highest BCUT2D eigenvalue weighted by Gasteiger charge is 2.69. The van der Waals surface area contributed by atoms with Crippen molar-refractivity contribution in [1.82, 2.24) is 4.40 Å². The first-order chi connectivity index (χ1) is 28.1. The van der Waals surface area contributed by atoms with Crippen molar-refractivity contribution >= 4 is 75.3 Å². The normalized spacial score (nSPS) is 20.0. The molecule has 0 N–H and O–H groups in total. The highest BCUT2D eigenvalue weighted by molar-refractivity contribution is 7.26. The molecule has 280 valence electrons. The predicted molar refractivity (Wildman–Crippen MR) is 242 cm³/mol. The van der Waals surface area contributed by atoms with Gasteiger partial charge in [-0.2, -0.15) is 9.13 Å². The maximum absolute atomic E-state index is 4.93. The van der Waals surface area contributed by atoms with Crippen LogP contribution in [-0.2, 0) is 30.2 Å². The minimum Gasteiger partial charge on any atom is -0.308 e. The minimum atomic E-state index is -0.180. The number of fused-ring (bicyclic) bond motifs is 16. The Hall–Kier alpha value is -5.84. The Bertz CT molecular complexity index is 3460. The van der Waals surface area contributed by atoms with E-state index in [2.05, 4.69) is 169 Å². The summed E-state index contributed by atoms with van der Waals surface area (Å²) in [4.78, 5) is 0. The third-order valence-corrected chi connectivity index (χ3v) is 15.8. The molecule has 0 fully saturated rings. The van der Waals surface area contributed by atoms with Crippen molar-refractivity contribution in [2.75, 3.05) is 0 Å². The number of thiophene rings is 1. The molecule has 5 aromatic carbocycles. The number of aryl methyl sites for hydroxylation is 1. The Morgan fingerprint density at radius 2 is 1.52 bits per heavy atom. The summed E-state index contributed by atoms with van der Waals surface area (Å²) in [6.45, 7) is 14.7. The fourth-order valence-corrected chi connectivity index (χ4v) is 13.4. The van der Waals surface area contributed by atoms with Gasteiger partial charge in [0.25, 0.3) is 0 Å². The molecule has 5 aromatic heterocycles. The van der Waals surface area contributed by atoms with E-state index in [-0.39, 0.29) is 16.4 Å². The van der Waals surface area contributed by atoms with Crippen LogP contribution in [0.4, 0.5) is 0 Å². The topological polar surface area (TPSA) is 12.2 Å². The molecule has 10 aromatic rings. The van der Waals surface area contributed by atoms with Gasteiger partial charge in [0.1, 0.15) is 0 Å². The van der Waals surface area contributed by atoms with Gasteiger partial charge in [-0.1, -0.05) is 75.4 Å². The smallest absolute Gasteiger partial charge is 0.218 e. The van der Waals surface area contributed by atoms with Gasteiger partial charge in [-0.05, 0) is 97.3 Å². The molecule has 8 heterocycles. The number of para-hydroxylation sites is 1. The van der Waals surface area contributed by atoms with Crippen molar-refractivity contribution in [3.8, 4) is 22.5 Å². The molecule has 4 heteroatoms. The highest BCUT2D eigenvalue weighted by atomic mass is 32.1. The van der Waals surface area contributed by atoms with E-state index in [4.69, 9.17) is 6.58 Å². The number of pyridine rings is 2. The van der Waals surface area contributed by atoms with Gasteiger partial charge in [0, 0.05) is 71.5 Å². The second kappa shape index (κ2) is 11.0. The molecule has 3 aliphatic rings. The Balaban J connectivity index is 1.17. The zero-order valence-corrected chi connectivity index (χ0v) is 34.4. The predicted octanol–water partition coefficient (Wildman–Crippen LogP) is 12.7. The third-order valence-electron chi connectivity index (χ3n) is 14.6. The van der Waals surface area contributed by atoms with Crippen molar-refractivity contribution in [3.05, 3.63) is 156 Å². The lowest BCUT2D eigenvalue weighted by Crippen LogP contribution is -2.79. The number of aromatic nitrogens is 3. The van der Waals surface area contributed by atoms with Crippen LogP contribution in [0.25, 0.3) is 86.5 Å². The quantitative estimate of drug-likeness (QED) is 0.148. The van der Waals surface area contributed by atoms with Crippen LogP contribution in [0, 0.1) is 5.41 Å². The SMILES string of the molecule is C=C1CC23Cc4cc(CC(C)(C)C)cc([n+]42)-c2cc4c5c6sc7ccccc7c6cc6c7ccccc7n(c4cc2C3(C)CCc2ccccc2-c2cccc[n+]21)c65. The van der Waals surface area contributed by atoms with Gasteiger partial charge in [0.05, 0.1) is 40.4 Å². The molecule has 2 atom stereocenters. The molecule has 1 spiro atoms. The van der Waals surface area contributed by atoms with Crippen LogP contribution in [0.1, 0.15) is 62.9 Å². The van der Waals surface area contributed by atoms with Crippen LogP contribution in [0.2, 0.25) is 0 Å². The molecule has 0 bridgehead atoms. The van der Waals surface area contributed by atoms with E-state index in [1.807, 2.05) is 11.3 Å². The summed E-state index contributed by atoms with van der Waals surface area (Å²) < 4.78 is 10.6. The van der Waals surface area contributed by atoms with Crippen LogP contribution < -0.4 is 9.13 Å². The van der Waals surface area contributed by atoms with Crippen LogP contribution >= 0.6 is 11.3 Å². The van der Waals surface area contributed by atoms with E-state index in [9.17, 15) is 0 Å². The molecule has 3 aliphatic heterocycles. The van der Waals surface area contributed by atoms with E-state index >= 15 is 0 Å².